The van der Waals surface area contributed by atoms with Gasteiger partial charge in [0.2, 0.25) is 0 Å². The second-order valence-electron chi connectivity index (χ2n) is 15.2. The molecule has 11 aromatic rings. The van der Waals surface area contributed by atoms with E-state index in [0.717, 1.165) is 17.1 Å². The van der Waals surface area contributed by atoms with Crippen LogP contribution < -0.4 is 4.90 Å². The Bertz CT molecular complexity index is 3240. The fourth-order valence-electron chi connectivity index (χ4n) is 9.23. The van der Waals surface area contributed by atoms with Gasteiger partial charge in [0.05, 0.1) is 0 Å². The molecular formula is C58H39N. The van der Waals surface area contributed by atoms with E-state index in [2.05, 4.69) is 241 Å². The summed E-state index contributed by atoms with van der Waals surface area (Å²) in [6, 6.07) is 86.0. The predicted molar refractivity (Wildman–Crippen MR) is 253 cm³/mol. The van der Waals surface area contributed by atoms with E-state index >= 15 is 0 Å². The summed E-state index contributed by atoms with van der Waals surface area (Å²) in [7, 11) is 0. The fraction of sp³-hybridized carbons (Fsp3) is 0. The molecule has 0 atom stereocenters. The molecule has 0 unspecified atom stereocenters. The lowest BCUT2D eigenvalue weighted by Crippen LogP contribution is -2.09. The van der Waals surface area contributed by atoms with Gasteiger partial charge in [-0.05, 0) is 124 Å². The van der Waals surface area contributed by atoms with E-state index in [1.165, 1.54) is 87.6 Å². The fourth-order valence-corrected chi connectivity index (χ4v) is 9.23. The van der Waals surface area contributed by atoms with Crippen LogP contribution in [0.15, 0.2) is 237 Å². The molecule has 0 saturated heterocycles. The third-order valence-corrected chi connectivity index (χ3v) is 11.8. The average molecular weight is 750 g/mol. The van der Waals surface area contributed by atoms with E-state index in [-0.39, 0.29) is 0 Å². The van der Waals surface area contributed by atoms with Crippen molar-refractivity contribution < 1.29 is 0 Å². The number of hydrogen-bond donors (Lipinski definition) is 0. The lowest BCUT2D eigenvalue weighted by atomic mass is 9.80. The maximum absolute atomic E-state index is 2.33. The van der Waals surface area contributed by atoms with Gasteiger partial charge in [-0.1, -0.05) is 200 Å². The van der Waals surface area contributed by atoms with Crippen molar-refractivity contribution in [1.82, 2.24) is 0 Å². The van der Waals surface area contributed by atoms with Gasteiger partial charge in [0.25, 0.3) is 0 Å². The summed E-state index contributed by atoms with van der Waals surface area (Å²) in [5, 5.41) is 10.1. The van der Waals surface area contributed by atoms with Gasteiger partial charge in [-0.15, -0.1) is 0 Å². The molecule has 0 radical (unpaired) electrons. The van der Waals surface area contributed by atoms with E-state index < -0.39 is 0 Å². The third kappa shape index (κ3) is 5.95. The van der Waals surface area contributed by atoms with Gasteiger partial charge < -0.3 is 4.90 Å². The third-order valence-electron chi connectivity index (χ3n) is 11.8. The molecule has 59 heavy (non-hydrogen) atoms. The second-order valence-corrected chi connectivity index (χ2v) is 15.2. The molecule has 0 spiro atoms. The lowest BCUT2D eigenvalue weighted by molar-refractivity contribution is 1.28. The minimum Gasteiger partial charge on any atom is -0.311 e. The van der Waals surface area contributed by atoms with Crippen LogP contribution in [-0.2, 0) is 0 Å². The molecule has 1 nitrogen and oxygen atoms in total. The van der Waals surface area contributed by atoms with Crippen molar-refractivity contribution in [3.05, 3.63) is 237 Å². The SMILES string of the molecule is c1ccc(-c2ccccc2-c2c3ccccc3c(-c3ccc(-c4ccc(N(c5ccccc5)c5ccccc5)cc4)cc3)c3c4ccccc4c4ccccc4c23)cc1. The van der Waals surface area contributed by atoms with E-state index in [1.807, 2.05) is 0 Å². The number of rotatable bonds is 7. The van der Waals surface area contributed by atoms with Gasteiger partial charge >= 0.3 is 0 Å². The van der Waals surface area contributed by atoms with Crippen LogP contribution in [0.2, 0.25) is 0 Å². The number of hydrogen-bond acceptors (Lipinski definition) is 1. The summed E-state index contributed by atoms with van der Waals surface area (Å²) in [5.74, 6) is 0. The first-order chi connectivity index (χ1) is 29.3. The normalized spacial score (nSPS) is 11.4. The molecule has 11 rings (SSSR count). The van der Waals surface area contributed by atoms with E-state index in [9.17, 15) is 0 Å². The first kappa shape index (κ1) is 34.5. The van der Waals surface area contributed by atoms with Gasteiger partial charge in [0, 0.05) is 17.1 Å². The first-order valence-corrected chi connectivity index (χ1v) is 20.4. The average Bonchev–Trinajstić information content (AvgIpc) is 3.32. The van der Waals surface area contributed by atoms with E-state index in [0.29, 0.717) is 0 Å². The van der Waals surface area contributed by atoms with Crippen molar-refractivity contribution >= 4 is 60.2 Å². The Morgan fingerprint density at radius 1 is 0.203 bits per heavy atom. The molecular weight excluding hydrogens is 711 g/mol. The summed E-state index contributed by atoms with van der Waals surface area (Å²) in [6.07, 6.45) is 0. The molecule has 0 heterocycles. The maximum atomic E-state index is 2.33. The predicted octanol–water partition coefficient (Wildman–Crippen LogP) is 16.4. The van der Waals surface area contributed by atoms with E-state index in [4.69, 9.17) is 0 Å². The molecule has 0 aromatic heterocycles. The summed E-state index contributed by atoms with van der Waals surface area (Å²) < 4.78 is 0. The van der Waals surface area contributed by atoms with Crippen LogP contribution in [0.4, 0.5) is 17.1 Å². The standard InChI is InChI=1S/C58H39N/c1-4-18-42(19-5-1)47-24-10-13-27-50(47)56-54-31-17-16-30-53(54)55(57-51-28-14-11-25-48(51)49-26-12-15-29-52(49)58(56)57)43-34-32-40(33-35-43)41-36-38-46(39-37-41)59(44-20-6-2-7-21-44)45-22-8-3-9-23-45/h1-39H. The van der Waals surface area contributed by atoms with Crippen LogP contribution in [-0.4, -0.2) is 0 Å². The van der Waals surface area contributed by atoms with Crippen LogP contribution in [0.3, 0.4) is 0 Å². The minimum absolute atomic E-state index is 1.12. The second kappa shape index (κ2) is 14.6. The number of fused-ring (bicyclic) bond motifs is 7. The molecule has 1 heteroatoms. The maximum Gasteiger partial charge on any atom is 0.0462 e. The summed E-state index contributed by atoms with van der Waals surface area (Å²) in [6.45, 7) is 0. The zero-order chi connectivity index (χ0) is 39.1. The molecule has 0 fully saturated rings. The Labute approximate surface area is 344 Å². The van der Waals surface area contributed by atoms with Gasteiger partial charge in [-0.3, -0.25) is 0 Å². The molecule has 0 N–H and O–H groups in total. The molecule has 0 aliphatic heterocycles. The van der Waals surface area contributed by atoms with Gasteiger partial charge in [0.15, 0.2) is 0 Å². The Morgan fingerprint density at radius 2 is 0.559 bits per heavy atom. The zero-order valence-electron chi connectivity index (χ0n) is 32.5. The monoisotopic (exact) mass is 749 g/mol. The highest BCUT2D eigenvalue weighted by atomic mass is 15.1. The summed E-state index contributed by atoms with van der Waals surface area (Å²) >= 11 is 0. The molecule has 0 bridgehead atoms. The zero-order valence-corrected chi connectivity index (χ0v) is 32.5. The van der Waals surface area contributed by atoms with Crippen molar-refractivity contribution in [3.63, 3.8) is 0 Å². The van der Waals surface area contributed by atoms with Gasteiger partial charge in [-0.25, -0.2) is 0 Å². The van der Waals surface area contributed by atoms with Crippen molar-refractivity contribution in [1.29, 1.82) is 0 Å². The molecule has 0 aliphatic carbocycles. The van der Waals surface area contributed by atoms with Gasteiger partial charge in [-0.2, -0.15) is 0 Å². The van der Waals surface area contributed by atoms with E-state index in [1.54, 1.807) is 0 Å². The highest BCUT2D eigenvalue weighted by Crippen LogP contribution is 2.51. The van der Waals surface area contributed by atoms with Crippen LogP contribution in [0.5, 0.6) is 0 Å². The summed E-state index contributed by atoms with van der Waals surface area (Å²) in [4.78, 5) is 2.30. The van der Waals surface area contributed by atoms with Gasteiger partial charge in [0.1, 0.15) is 0 Å². The van der Waals surface area contributed by atoms with Crippen molar-refractivity contribution in [2.45, 2.75) is 0 Å². The Morgan fingerprint density at radius 3 is 1.10 bits per heavy atom. The number of para-hydroxylation sites is 2. The largest absolute Gasteiger partial charge is 0.311 e. The van der Waals surface area contributed by atoms with Crippen molar-refractivity contribution in [3.8, 4) is 44.5 Å². The topological polar surface area (TPSA) is 3.24 Å². The van der Waals surface area contributed by atoms with Crippen LogP contribution >= 0.6 is 0 Å². The quantitative estimate of drug-likeness (QED) is 0.116. The van der Waals surface area contributed by atoms with Crippen LogP contribution in [0, 0.1) is 0 Å². The molecule has 0 aliphatic rings. The minimum atomic E-state index is 1.12. The smallest absolute Gasteiger partial charge is 0.0462 e. The Hall–Kier alpha value is -7.74. The lowest BCUT2D eigenvalue weighted by Gasteiger charge is -2.25. The highest BCUT2D eigenvalue weighted by molar-refractivity contribution is 6.37. The Balaban J connectivity index is 1.12. The van der Waals surface area contributed by atoms with Crippen LogP contribution in [0.1, 0.15) is 0 Å². The summed E-state index contributed by atoms with van der Waals surface area (Å²) in [5.41, 5.74) is 13.2. The molecule has 276 valence electrons. The van der Waals surface area contributed by atoms with Crippen molar-refractivity contribution in [2.24, 2.45) is 0 Å². The van der Waals surface area contributed by atoms with Crippen molar-refractivity contribution in [2.75, 3.05) is 4.90 Å². The Kier molecular flexibility index (Phi) is 8.56. The van der Waals surface area contributed by atoms with Crippen LogP contribution in [0.25, 0.3) is 87.6 Å². The number of benzene rings is 11. The molecule has 11 aromatic carbocycles. The highest BCUT2D eigenvalue weighted by Gasteiger charge is 2.23. The molecule has 0 amide bonds. The molecule has 0 saturated carbocycles. The first-order valence-electron chi connectivity index (χ1n) is 20.4. The number of nitrogens with zero attached hydrogens (tertiary/aromatic N) is 1. The number of anilines is 3.